The number of carbonyl (C=O) groups excluding carboxylic acids is 1. The molecule has 0 radical (unpaired) electrons. The van der Waals surface area contributed by atoms with Gasteiger partial charge in [0.1, 0.15) is 0 Å². The van der Waals surface area contributed by atoms with Crippen LogP contribution in [0.4, 0.5) is 0 Å². The topological polar surface area (TPSA) is 54.9 Å². The maximum absolute atomic E-state index is 11.5. The molecule has 0 unspecified atom stereocenters. The zero-order valence-electron chi connectivity index (χ0n) is 11.1. The summed E-state index contributed by atoms with van der Waals surface area (Å²) in [5.41, 5.74) is 2.87. The number of nitrogens with zero attached hydrogens (tertiary/aromatic N) is 2. The lowest BCUT2D eigenvalue weighted by molar-refractivity contribution is -0.124. The van der Waals surface area contributed by atoms with Crippen LogP contribution in [0.1, 0.15) is 19.4 Å². The maximum Gasteiger partial charge on any atom is 0.222 e. The molecule has 0 aliphatic carbocycles. The van der Waals surface area contributed by atoms with E-state index in [2.05, 4.69) is 15.3 Å². The molecule has 1 amide bonds. The number of amides is 1. The fourth-order valence-corrected chi connectivity index (χ4v) is 1.65. The molecule has 2 aromatic heterocycles. The fraction of sp³-hybridized carbons (Fsp3) is 0.267. The summed E-state index contributed by atoms with van der Waals surface area (Å²) in [5, 5.41) is 2.89. The Balaban J connectivity index is 2.10. The zero-order valence-corrected chi connectivity index (χ0v) is 11.1. The second kappa shape index (κ2) is 6.09. The average molecular weight is 255 g/mol. The Kier molecular flexibility index (Phi) is 4.23. The minimum Gasteiger partial charge on any atom is -0.352 e. The van der Waals surface area contributed by atoms with Crippen molar-refractivity contribution in [3.05, 3.63) is 48.4 Å². The van der Waals surface area contributed by atoms with Gasteiger partial charge < -0.3 is 5.32 Å². The van der Waals surface area contributed by atoms with Gasteiger partial charge in [0.05, 0.1) is 5.69 Å². The van der Waals surface area contributed by atoms with Crippen LogP contribution in [0.5, 0.6) is 0 Å². The summed E-state index contributed by atoms with van der Waals surface area (Å²) < 4.78 is 0. The molecule has 4 heteroatoms. The smallest absolute Gasteiger partial charge is 0.222 e. The molecule has 0 aliphatic rings. The van der Waals surface area contributed by atoms with E-state index in [-0.39, 0.29) is 11.8 Å². The van der Waals surface area contributed by atoms with Crippen LogP contribution in [-0.2, 0) is 11.3 Å². The van der Waals surface area contributed by atoms with Crippen molar-refractivity contribution in [3.63, 3.8) is 0 Å². The van der Waals surface area contributed by atoms with Gasteiger partial charge in [0.25, 0.3) is 0 Å². The summed E-state index contributed by atoms with van der Waals surface area (Å²) in [7, 11) is 0. The van der Waals surface area contributed by atoms with Crippen molar-refractivity contribution in [2.75, 3.05) is 0 Å². The highest BCUT2D eigenvalue weighted by Gasteiger charge is 2.06. The molecular weight excluding hydrogens is 238 g/mol. The molecule has 2 heterocycles. The first kappa shape index (κ1) is 13.2. The van der Waals surface area contributed by atoms with Gasteiger partial charge in [0, 0.05) is 36.6 Å². The predicted molar refractivity (Wildman–Crippen MR) is 74.2 cm³/mol. The highest BCUT2D eigenvalue weighted by Crippen LogP contribution is 2.16. The first-order valence-electron chi connectivity index (χ1n) is 6.30. The van der Waals surface area contributed by atoms with E-state index >= 15 is 0 Å². The van der Waals surface area contributed by atoms with Crippen LogP contribution in [0.25, 0.3) is 11.3 Å². The van der Waals surface area contributed by atoms with Crippen LogP contribution in [0.15, 0.2) is 42.9 Å². The Morgan fingerprint density at radius 3 is 2.84 bits per heavy atom. The first-order valence-corrected chi connectivity index (χ1v) is 6.30. The predicted octanol–water partition coefficient (Wildman–Crippen LogP) is 2.42. The molecule has 0 atom stereocenters. The van der Waals surface area contributed by atoms with Crippen molar-refractivity contribution in [3.8, 4) is 11.3 Å². The van der Waals surface area contributed by atoms with Crippen LogP contribution in [0.2, 0.25) is 0 Å². The van der Waals surface area contributed by atoms with Crippen LogP contribution in [0.3, 0.4) is 0 Å². The molecule has 0 aromatic carbocycles. The standard InChI is InChI=1S/C15H17N3O/c1-11(2)15(19)18-9-12-5-7-17-14(8-12)13-4-3-6-16-10-13/h3-8,10-11H,9H2,1-2H3,(H,18,19). The Hall–Kier alpha value is -2.23. The van der Waals surface area contributed by atoms with Crippen LogP contribution in [0, 0.1) is 5.92 Å². The van der Waals surface area contributed by atoms with E-state index in [1.54, 1.807) is 18.6 Å². The van der Waals surface area contributed by atoms with Gasteiger partial charge in [-0.3, -0.25) is 14.8 Å². The Bertz CT molecular complexity index is 552. The van der Waals surface area contributed by atoms with Crippen molar-refractivity contribution < 1.29 is 4.79 Å². The second-order valence-corrected chi connectivity index (χ2v) is 4.66. The fourth-order valence-electron chi connectivity index (χ4n) is 1.65. The molecule has 0 fully saturated rings. The van der Waals surface area contributed by atoms with Gasteiger partial charge in [-0.15, -0.1) is 0 Å². The minimum atomic E-state index is -0.000342. The van der Waals surface area contributed by atoms with Crippen LogP contribution < -0.4 is 5.32 Å². The molecule has 1 N–H and O–H groups in total. The van der Waals surface area contributed by atoms with E-state index < -0.39 is 0 Å². The van der Waals surface area contributed by atoms with Gasteiger partial charge in [-0.2, -0.15) is 0 Å². The lowest BCUT2D eigenvalue weighted by atomic mass is 10.1. The number of aromatic nitrogens is 2. The first-order chi connectivity index (χ1) is 9.16. The Morgan fingerprint density at radius 1 is 1.32 bits per heavy atom. The van der Waals surface area contributed by atoms with Gasteiger partial charge >= 0.3 is 0 Å². The third-order valence-electron chi connectivity index (χ3n) is 2.77. The molecule has 2 aromatic rings. The van der Waals surface area contributed by atoms with Gasteiger partial charge in [0.2, 0.25) is 5.91 Å². The second-order valence-electron chi connectivity index (χ2n) is 4.66. The van der Waals surface area contributed by atoms with E-state index in [4.69, 9.17) is 0 Å². The molecule has 0 saturated carbocycles. The summed E-state index contributed by atoms with van der Waals surface area (Å²) in [6.07, 6.45) is 5.26. The van der Waals surface area contributed by atoms with Crippen molar-refractivity contribution in [1.82, 2.24) is 15.3 Å². The molecule has 0 bridgehead atoms. The van der Waals surface area contributed by atoms with Crippen molar-refractivity contribution in [1.29, 1.82) is 0 Å². The van der Waals surface area contributed by atoms with Crippen LogP contribution >= 0.6 is 0 Å². The third-order valence-corrected chi connectivity index (χ3v) is 2.77. The van der Waals surface area contributed by atoms with E-state index in [9.17, 15) is 4.79 Å². The minimum absolute atomic E-state index is 0.000342. The van der Waals surface area contributed by atoms with Crippen molar-refractivity contribution in [2.24, 2.45) is 5.92 Å². The molecule has 0 saturated heterocycles. The van der Waals surface area contributed by atoms with Gasteiger partial charge in [-0.1, -0.05) is 13.8 Å². The van der Waals surface area contributed by atoms with E-state index in [1.165, 1.54) is 0 Å². The summed E-state index contributed by atoms with van der Waals surface area (Å²) >= 11 is 0. The molecule has 2 rings (SSSR count). The largest absolute Gasteiger partial charge is 0.352 e. The van der Waals surface area contributed by atoms with Crippen LogP contribution in [-0.4, -0.2) is 15.9 Å². The SMILES string of the molecule is CC(C)C(=O)NCc1ccnc(-c2cccnc2)c1. The number of nitrogens with one attached hydrogen (secondary N) is 1. The number of rotatable bonds is 4. The number of carbonyl (C=O) groups is 1. The van der Waals surface area contributed by atoms with Crippen molar-refractivity contribution >= 4 is 5.91 Å². The number of pyridine rings is 2. The molecular formula is C15H17N3O. The van der Waals surface area contributed by atoms with Gasteiger partial charge in [0.15, 0.2) is 0 Å². The zero-order chi connectivity index (χ0) is 13.7. The summed E-state index contributed by atoms with van der Waals surface area (Å²) in [4.78, 5) is 19.9. The highest BCUT2D eigenvalue weighted by atomic mass is 16.1. The van der Waals surface area contributed by atoms with E-state index in [0.29, 0.717) is 6.54 Å². The van der Waals surface area contributed by atoms with Crippen molar-refractivity contribution in [2.45, 2.75) is 20.4 Å². The Labute approximate surface area is 112 Å². The monoisotopic (exact) mass is 255 g/mol. The van der Waals surface area contributed by atoms with Gasteiger partial charge in [-0.25, -0.2) is 0 Å². The quantitative estimate of drug-likeness (QED) is 0.912. The molecule has 19 heavy (non-hydrogen) atoms. The lowest BCUT2D eigenvalue weighted by Crippen LogP contribution is -2.27. The number of hydrogen-bond acceptors (Lipinski definition) is 3. The molecule has 0 aliphatic heterocycles. The van der Waals surface area contributed by atoms with E-state index in [1.807, 2.05) is 38.1 Å². The summed E-state index contributed by atoms with van der Waals surface area (Å²) in [5.74, 6) is 0.0550. The normalized spacial score (nSPS) is 10.5. The lowest BCUT2D eigenvalue weighted by Gasteiger charge is -2.08. The highest BCUT2D eigenvalue weighted by molar-refractivity contribution is 5.77. The molecule has 0 spiro atoms. The average Bonchev–Trinajstić information content (AvgIpc) is 2.46. The molecule has 98 valence electrons. The molecule has 4 nitrogen and oxygen atoms in total. The van der Waals surface area contributed by atoms with E-state index in [0.717, 1.165) is 16.8 Å². The Morgan fingerprint density at radius 2 is 2.16 bits per heavy atom. The summed E-state index contributed by atoms with van der Waals surface area (Å²) in [6.45, 7) is 4.28. The number of hydrogen-bond donors (Lipinski definition) is 1. The third kappa shape index (κ3) is 3.61. The maximum atomic E-state index is 11.5. The van der Waals surface area contributed by atoms with Gasteiger partial charge in [-0.05, 0) is 29.8 Å². The summed E-state index contributed by atoms with van der Waals surface area (Å²) in [6, 6.07) is 7.72.